The number of carbonyl (C=O) groups excluding carboxylic acids is 1. The van der Waals surface area contributed by atoms with Gasteiger partial charge in [-0.1, -0.05) is 12.1 Å². The van der Waals surface area contributed by atoms with Gasteiger partial charge in [0, 0.05) is 12.8 Å². The average molecular weight is 201 g/mol. The Hall–Kier alpha value is -1.84. The Bertz CT molecular complexity index is 441. The zero-order chi connectivity index (χ0) is 10.3. The van der Waals surface area contributed by atoms with Crippen LogP contribution in [0.15, 0.2) is 29.3 Å². The third kappa shape index (κ3) is 1.29. The van der Waals surface area contributed by atoms with Crippen LogP contribution < -0.4 is 10.6 Å². The number of aliphatic imine (C=N–C) groups is 1. The van der Waals surface area contributed by atoms with Gasteiger partial charge in [-0.25, -0.2) is 0 Å². The molecule has 2 N–H and O–H groups in total. The number of benzene rings is 1. The number of hydrogen-bond donors (Lipinski definition) is 2. The van der Waals surface area contributed by atoms with E-state index in [0.717, 1.165) is 11.4 Å². The first-order valence-electron chi connectivity index (χ1n) is 5.02. The van der Waals surface area contributed by atoms with Crippen LogP contribution in [0.1, 0.15) is 0 Å². The van der Waals surface area contributed by atoms with Gasteiger partial charge in [0.25, 0.3) is 0 Å². The van der Waals surface area contributed by atoms with Crippen LogP contribution in [0.5, 0.6) is 0 Å². The molecule has 0 radical (unpaired) electrons. The minimum absolute atomic E-state index is 0.0593. The van der Waals surface area contributed by atoms with E-state index in [-0.39, 0.29) is 17.9 Å². The number of amides is 1. The lowest BCUT2D eigenvalue weighted by molar-refractivity contribution is -0.120. The van der Waals surface area contributed by atoms with Gasteiger partial charge in [0.05, 0.1) is 23.3 Å². The van der Waals surface area contributed by atoms with Gasteiger partial charge in [0.15, 0.2) is 0 Å². The van der Waals surface area contributed by atoms with Gasteiger partial charge in [0.1, 0.15) is 0 Å². The van der Waals surface area contributed by atoms with E-state index in [4.69, 9.17) is 0 Å². The predicted molar refractivity (Wildman–Crippen MR) is 58.5 cm³/mol. The van der Waals surface area contributed by atoms with E-state index in [1.807, 2.05) is 24.3 Å². The summed E-state index contributed by atoms with van der Waals surface area (Å²) in [6, 6.07) is 7.96. The van der Waals surface area contributed by atoms with Gasteiger partial charge < -0.3 is 10.6 Å². The highest BCUT2D eigenvalue weighted by Crippen LogP contribution is 2.29. The number of fused-ring (bicyclic) bond motifs is 2. The summed E-state index contributed by atoms with van der Waals surface area (Å²) in [7, 11) is 0. The van der Waals surface area contributed by atoms with Crippen LogP contribution in [0, 0.1) is 5.92 Å². The fourth-order valence-corrected chi connectivity index (χ4v) is 2.02. The van der Waals surface area contributed by atoms with Crippen LogP contribution >= 0.6 is 0 Å². The second kappa shape index (κ2) is 3.08. The number of nitrogens with one attached hydrogen (secondary N) is 2. The molecule has 15 heavy (non-hydrogen) atoms. The Morgan fingerprint density at radius 3 is 3.13 bits per heavy atom. The number of carbonyl (C=O) groups is 1. The maximum Gasteiger partial charge on any atom is 0.230 e. The summed E-state index contributed by atoms with van der Waals surface area (Å²) in [5.74, 6) is -0.0820. The molecule has 0 aliphatic carbocycles. The molecule has 2 heterocycles. The molecule has 0 spiro atoms. The molecule has 1 fully saturated rings. The highest BCUT2D eigenvalue weighted by Gasteiger charge is 2.34. The molecule has 1 aromatic rings. The molecular formula is C11H11N3O. The van der Waals surface area contributed by atoms with Crippen molar-refractivity contribution in [2.24, 2.45) is 10.9 Å². The third-order valence-corrected chi connectivity index (χ3v) is 2.85. The van der Waals surface area contributed by atoms with Crippen LogP contribution in [0.2, 0.25) is 0 Å². The summed E-state index contributed by atoms with van der Waals surface area (Å²) in [4.78, 5) is 15.8. The van der Waals surface area contributed by atoms with Gasteiger partial charge in [-0.2, -0.15) is 0 Å². The molecule has 0 saturated carbocycles. The maximum absolute atomic E-state index is 11.5. The summed E-state index contributed by atoms with van der Waals surface area (Å²) in [6.07, 6.45) is 1.74. The molecule has 3 rings (SSSR count). The first-order chi connectivity index (χ1) is 7.34. The molecule has 2 aliphatic heterocycles. The molecule has 1 amide bonds. The number of rotatable bonds is 0. The molecule has 4 heteroatoms. The zero-order valence-electron chi connectivity index (χ0n) is 8.10. The van der Waals surface area contributed by atoms with E-state index in [1.54, 1.807) is 6.21 Å². The molecular weight excluding hydrogens is 190 g/mol. The molecule has 0 aromatic heterocycles. The molecule has 1 aromatic carbocycles. The van der Waals surface area contributed by atoms with Crippen molar-refractivity contribution >= 4 is 23.5 Å². The average Bonchev–Trinajstić information content (AvgIpc) is 2.51. The first kappa shape index (κ1) is 8.47. The third-order valence-electron chi connectivity index (χ3n) is 2.85. The molecule has 2 unspecified atom stereocenters. The lowest BCUT2D eigenvalue weighted by Gasteiger charge is -2.14. The predicted octanol–water partition coefficient (Wildman–Crippen LogP) is 0.929. The molecule has 2 atom stereocenters. The second-order valence-corrected chi connectivity index (χ2v) is 3.82. The van der Waals surface area contributed by atoms with Crippen LogP contribution in [0.4, 0.5) is 11.4 Å². The second-order valence-electron chi connectivity index (χ2n) is 3.82. The summed E-state index contributed by atoms with van der Waals surface area (Å²) >= 11 is 0. The minimum Gasteiger partial charge on any atom is -0.378 e. The Morgan fingerprint density at radius 1 is 1.33 bits per heavy atom. The van der Waals surface area contributed by atoms with Crippen LogP contribution in [-0.2, 0) is 4.79 Å². The minimum atomic E-state index is -0.141. The fraction of sp³-hybridized carbons (Fsp3) is 0.273. The van der Waals surface area contributed by atoms with Crippen LogP contribution in [-0.4, -0.2) is 24.7 Å². The van der Waals surface area contributed by atoms with Crippen molar-refractivity contribution in [1.29, 1.82) is 0 Å². The fourth-order valence-electron chi connectivity index (χ4n) is 2.02. The highest BCUT2D eigenvalue weighted by atomic mass is 16.2. The topological polar surface area (TPSA) is 53.5 Å². The molecule has 4 nitrogen and oxygen atoms in total. The Labute approximate surface area is 87.4 Å². The van der Waals surface area contributed by atoms with Crippen LogP contribution in [0.25, 0.3) is 0 Å². The van der Waals surface area contributed by atoms with Crippen molar-refractivity contribution < 1.29 is 4.79 Å². The van der Waals surface area contributed by atoms with Gasteiger partial charge in [-0.15, -0.1) is 0 Å². The Balaban J connectivity index is 2.02. The quantitative estimate of drug-likeness (QED) is 0.656. The number of para-hydroxylation sites is 2. The SMILES string of the molecule is O=C1NCC2Nc3ccccc3N=CC12. The smallest absolute Gasteiger partial charge is 0.230 e. The van der Waals surface area contributed by atoms with Gasteiger partial charge in [0.2, 0.25) is 5.91 Å². The van der Waals surface area contributed by atoms with Crippen molar-refractivity contribution in [2.75, 3.05) is 11.9 Å². The monoisotopic (exact) mass is 201 g/mol. The lowest BCUT2D eigenvalue weighted by atomic mass is 10.1. The number of nitrogens with zero attached hydrogens (tertiary/aromatic N) is 1. The maximum atomic E-state index is 11.5. The summed E-state index contributed by atoms with van der Waals surface area (Å²) in [5.41, 5.74) is 1.90. The van der Waals surface area contributed by atoms with Crippen LogP contribution in [0.3, 0.4) is 0 Å². The number of hydrogen-bond acceptors (Lipinski definition) is 3. The standard InChI is InChI=1S/C11H11N3O/c15-11-7-5-12-8-3-1-2-4-9(8)14-10(7)6-13-11/h1-5,7,10,14H,6H2,(H,13,15). The van der Waals surface area contributed by atoms with Gasteiger partial charge in [-0.3, -0.25) is 9.79 Å². The summed E-state index contributed by atoms with van der Waals surface area (Å²) in [6.45, 7) is 0.670. The van der Waals surface area contributed by atoms with Crippen molar-refractivity contribution in [3.05, 3.63) is 24.3 Å². The normalized spacial score (nSPS) is 27.3. The van der Waals surface area contributed by atoms with E-state index in [1.165, 1.54) is 0 Å². The Morgan fingerprint density at radius 2 is 2.20 bits per heavy atom. The highest BCUT2D eigenvalue weighted by molar-refractivity contribution is 5.98. The summed E-state index contributed by atoms with van der Waals surface area (Å²) in [5, 5.41) is 6.17. The zero-order valence-corrected chi connectivity index (χ0v) is 8.10. The molecule has 2 aliphatic rings. The largest absolute Gasteiger partial charge is 0.378 e. The Kier molecular flexibility index (Phi) is 1.74. The van der Waals surface area contributed by atoms with Gasteiger partial charge >= 0.3 is 0 Å². The van der Waals surface area contributed by atoms with Crippen molar-refractivity contribution in [3.63, 3.8) is 0 Å². The molecule has 1 saturated heterocycles. The molecule has 0 bridgehead atoms. The van der Waals surface area contributed by atoms with E-state index in [0.29, 0.717) is 6.54 Å². The van der Waals surface area contributed by atoms with E-state index in [2.05, 4.69) is 15.6 Å². The van der Waals surface area contributed by atoms with Crippen molar-refractivity contribution in [2.45, 2.75) is 6.04 Å². The van der Waals surface area contributed by atoms with E-state index >= 15 is 0 Å². The molecule has 76 valence electrons. The summed E-state index contributed by atoms with van der Waals surface area (Å²) < 4.78 is 0. The van der Waals surface area contributed by atoms with Crippen molar-refractivity contribution in [1.82, 2.24) is 5.32 Å². The van der Waals surface area contributed by atoms with Crippen molar-refractivity contribution in [3.8, 4) is 0 Å². The lowest BCUT2D eigenvalue weighted by Crippen LogP contribution is -2.29. The number of anilines is 1. The van der Waals surface area contributed by atoms with E-state index < -0.39 is 0 Å². The van der Waals surface area contributed by atoms with E-state index in [9.17, 15) is 4.79 Å². The first-order valence-corrected chi connectivity index (χ1v) is 5.02. The van der Waals surface area contributed by atoms with Gasteiger partial charge in [-0.05, 0) is 12.1 Å².